The highest BCUT2D eigenvalue weighted by Crippen LogP contribution is 2.27. The lowest BCUT2D eigenvalue weighted by Crippen LogP contribution is -2.22. The molecule has 4 heteroatoms. The highest BCUT2D eigenvalue weighted by Gasteiger charge is 2.09. The summed E-state index contributed by atoms with van der Waals surface area (Å²) in [6.07, 6.45) is 1.91. The Hall–Kier alpha value is -0.480. The number of nitrogens with zero attached hydrogens (tertiary/aromatic N) is 1. The Balaban J connectivity index is 3.11. The number of aryl methyl sites for hydroxylation is 2. The summed E-state index contributed by atoms with van der Waals surface area (Å²) in [5.74, 6) is 0. The number of anilines is 1. The molecule has 0 radical (unpaired) electrons. The summed E-state index contributed by atoms with van der Waals surface area (Å²) in [6, 6.07) is 4.17. The van der Waals surface area contributed by atoms with E-state index in [4.69, 9.17) is 5.41 Å². The van der Waals surface area contributed by atoms with Gasteiger partial charge in [-0.3, -0.25) is 5.41 Å². The van der Waals surface area contributed by atoms with Crippen molar-refractivity contribution in [2.45, 2.75) is 13.8 Å². The highest BCUT2D eigenvalue weighted by atomic mass is 79.9. The van der Waals surface area contributed by atoms with Crippen LogP contribution >= 0.6 is 27.7 Å². The normalized spacial score (nSPS) is 10.2. The van der Waals surface area contributed by atoms with Crippen molar-refractivity contribution in [2.75, 3.05) is 18.2 Å². The number of rotatable bonds is 1. The third kappa shape index (κ3) is 2.75. The fourth-order valence-electron chi connectivity index (χ4n) is 1.37. The molecule has 82 valence electrons. The molecule has 0 aromatic heterocycles. The van der Waals surface area contributed by atoms with Gasteiger partial charge in [0, 0.05) is 17.2 Å². The van der Waals surface area contributed by atoms with Gasteiger partial charge in [0.2, 0.25) is 0 Å². The summed E-state index contributed by atoms with van der Waals surface area (Å²) < 4.78 is 1.15. The van der Waals surface area contributed by atoms with Gasteiger partial charge in [-0.1, -0.05) is 27.7 Å². The third-order valence-electron chi connectivity index (χ3n) is 2.31. The van der Waals surface area contributed by atoms with Crippen LogP contribution < -0.4 is 4.90 Å². The Morgan fingerprint density at radius 1 is 1.33 bits per heavy atom. The first kappa shape index (κ1) is 12.6. The molecule has 1 N–H and O–H groups in total. The van der Waals surface area contributed by atoms with Gasteiger partial charge in [-0.15, -0.1) is 0 Å². The molecule has 0 aliphatic heterocycles. The SMILES string of the molecule is CSC(=N)N(C)c1cc(C)c(Br)c(C)c1. The first-order valence-corrected chi connectivity index (χ1v) is 6.62. The van der Waals surface area contributed by atoms with Crippen molar-refractivity contribution < 1.29 is 0 Å². The van der Waals surface area contributed by atoms with E-state index in [2.05, 4.69) is 41.9 Å². The Morgan fingerprint density at radius 2 is 1.80 bits per heavy atom. The minimum atomic E-state index is 0.552. The van der Waals surface area contributed by atoms with Gasteiger partial charge in [0.1, 0.15) is 0 Å². The van der Waals surface area contributed by atoms with Gasteiger partial charge in [0.05, 0.1) is 0 Å². The van der Waals surface area contributed by atoms with Crippen LogP contribution in [-0.4, -0.2) is 18.5 Å². The molecule has 1 aromatic rings. The molecule has 0 bridgehead atoms. The average molecular weight is 287 g/mol. The molecule has 0 unspecified atom stereocenters. The largest absolute Gasteiger partial charge is 0.324 e. The lowest BCUT2D eigenvalue weighted by atomic mass is 10.1. The Bertz CT molecular complexity index is 367. The molecule has 0 fully saturated rings. The first-order chi connectivity index (χ1) is 6.97. The zero-order valence-corrected chi connectivity index (χ0v) is 11.8. The molecule has 0 aliphatic rings. The maximum atomic E-state index is 7.75. The summed E-state index contributed by atoms with van der Waals surface area (Å²) in [6.45, 7) is 4.13. The number of benzene rings is 1. The van der Waals surface area contributed by atoms with Crippen molar-refractivity contribution in [2.24, 2.45) is 0 Å². The lowest BCUT2D eigenvalue weighted by Gasteiger charge is -2.20. The smallest absolute Gasteiger partial charge is 0.160 e. The minimum absolute atomic E-state index is 0.552. The lowest BCUT2D eigenvalue weighted by molar-refractivity contribution is 1.23. The molecule has 1 rings (SSSR count). The molecule has 0 atom stereocenters. The fourth-order valence-corrected chi connectivity index (χ4v) is 1.98. The second-order valence-corrected chi connectivity index (χ2v) is 5.05. The van der Waals surface area contributed by atoms with Crippen molar-refractivity contribution in [1.29, 1.82) is 5.41 Å². The summed E-state index contributed by atoms with van der Waals surface area (Å²) in [5.41, 5.74) is 3.46. The van der Waals surface area contributed by atoms with Crippen LogP contribution in [0.3, 0.4) is 0 Å². The van der Waals surface area contributed by atoms with Crippen molar-refractivity contribution in [3.8, 4) is 0 Å². The molecule has 15 heavy (non-hydrogen) atoms. The second-order valence-electron chi connectivity index (χ2n) is 3.46. The van der Waals surface area contributed by atoms with Crippen LogP contribution in [0.5, 0.6) is 0 Å². The zero-order chi connectivity index (χ0) is 11.6. The van der Waals surface area contributed by atoms with E-state index >= 15 is 0 Å². The number of amidine groups is 1. The number of hydrogen-bond acceptors (Lipinski definition) is 2. The van der Waals surface area contributed by atoms with E-state index in [0.29, 0.717) is 5.17 Å². The average Bonchev–Trinajstić information content (AvgIpc) is 2.23. The number of halogens is 1. The van der Waals surface area contributed by atoms with Crippen LogP contribution in [0.25, 0.3) is 0 Å². The Labute approximate surface area is 104 Å². The van der Waals surface area contributed by atoms with Crippen LogP contribution in [0.2, 0.25) is 0 Å². The Morgan fingerprint density at radius 3 is 2.20 bits per heavy atom. The predicted molar refractivity (Wildman–Crippen MR) is 73.3 cm³/mol. The number of hydrogen-bond donors (Lipinski definition) is 1. The van der Waals surface area contributed by atoms with Gasteiger partial charge in [0.15, 0.2) is 5.17 Å². The summed E-state index contributed by atoms with van der Waals surface area (Å²) in [7, 11) is 1.92. The van der Waals surface area contributed by atoms with Gasteiger partial charge < -0.3 is 4.90 Å². The molecule has 0 heterocycles. The molecular formula is C11H15BrN2S. The van der Waals surface area contributed by atoms with Crippen molar-refractivity contribution in [1.82, 2.24) is 0 Å². The van der Waals surface area contributed by atoms with E-state index in [1.807, 2.05) is 18.2 Å². The fraction of sp³-hybridized carbons (Fsp3) is 0.364. The van der Waals surface area contributed by atoms with Gasteiger partial charge in [-0.05, 0) is 43.4 Å². The summed E-state index contributed by atoms with van der Waals surface area (Å²) in [5, 5.41) is 8.30. The zero-order valence-electron chi connectivity index (χ0n) is 9.39. The summed E-state index contributed by atoms with van der Waals surface area (Å²) >= 11 is 4.98. The quantitative estimate of drug-likeness (QED) is 0.628. The standard InChI is InChI=1S/C11H15BrN2S/c1-7-5-9(6-8(2)10(7)12)14(3)11(13)15-4/h5-6,13H,1-4H3. The van der Waals surface area contributed by atoms with E-state index in [9.17, 15) is 0 Å². The van der Waals surface area contributed by atoms with Crippen molar-refractivity contribution in [3.05, 3.63) is 27.7 Å². The molecule has 0 saturated carbocycles. The number of nitrogens with one attached hydrogen (secondary N) is 1. The van der Waals surface area contributed by atoms with Crippen LogP contribution in [0, 0.1) is 19.3 Å². The highest BCUT2D eigenvalue weighted by molar-refractivity contribution is 9.10. The molecule has 0 saturated heterocycles. The van der Waals surface area contributed by atoms with Crippen molar-refractivity contribution in [3.63, 3.8) is 0 Å². The molecule has 0 spiro atoms. The molecular weight excluding hydrogens is 272 g/mol. The second kappa shape index (κ2) is 5.03. The Kier molecular flexibility index (Phi) is 4.22. The molecule has 0 amide bonds. The monoisotopic (exact) mass is 286 g/mol. The van der Waals surface area contributed by atoms with Crippen LogP contribution in [0.1, 0.15) is 11.1 Å². The molecule has 1 aromatic carbocycles. The van der Waals surface area contributed by atoms with E-state index in [1.165, 1.54) is 22.9 Å². The maximum Gasteiger partial charge on any atom is 0.160 e. The van der Waals surface area contributed by atoms with Crippen LogP contribution in [0.15, 0.2) is 16.6 Å². The van der Waals surface area contributed by atoms with E-state index in [0.717, 1.165) is 10.2 Å². The van der Waals surface area contributed by atoms with Gasteiger partial charge in [0.25, 0.3) is 0 Å². The topological polar surface area (TPSA) is 27.1 Å². The molecule has 0 aliphatic carbocycles. The van der Waals surface area contributed by atoms with Crippen LogP contribution in [-0.2, 0) is 0 Å². The first-order valence-electron chi connectivity index (χ1n) is 4.60. The van der Waals surface area contributed by atoms with E-state index < -0.39 is 0 Å². The summed E-state index contributed by atoms with van der Waals surface area (Å²) in [4.78, 5) is 1.89. The third-order valence-corrected chi connectivity index (χ3v) is 4.22. The molecule has 2 nitrogen and oxygen atoms in total. The van der Waals surface area contributed by atoms with Crippen molar-refractivity contribution >= 4 is 38.5 Å². The number of thioether (sulfide) groups is 1. The predicted octanol–water partition coefficient (Wildman–Crippen LogP) is 3.80. The maximum absolute atomic E-state index is 7.75. The van der Waals surface area contributed by atoms with Gasteiger partial charge in [-0.2, -0.15) is 0 Å². The van der Waals surface area contributed by atoms with Gasteiger partial charge >= 0.3 is 0 Å². The van der Waals surface area contributed by atoms with E-state index in [-0.39, 0.29) is 0 Å². The van der Waals surface area contributed by atoms with Crippen LogP contribution in [0.4, 0.5) is 5.69 Å². The minimum Gasteiger partial charge on any atom is -0.324 e. The van der Waals surface area contributed by atoms with Gasteiger partial charge in [-0.25, -0.2) is 0 Å². The van der Waals surface area contributed by atoms with E-state index in [1.54, 1.807) is 0 Å².